The zero-order valence-corrected chi connectivity index (χ0v) is 12.8. The molecule has 0 saturated carbocycles. The topological polar surface area (TPSA) is 24.9 Å². The minimum Gasteiger partial charge on any atom is -0.319 e. The number of nitrogens with zero attached hydrogens (tertiary/aromatic N) is 1. The Bertz CT molecular complexity index is 519. The lowest BCUT2D eigenvalue weighted by Gasteiger charge is -2.15. The summed E-state index contributed by atoms with van der Waals surface area (Å²) in [5.74, 6) is 0.609. The Kier molecular flexibility index (Phi) is 5.11. The fraction of sp³-hybridized carbons (Fsp3) is 0.438. The summed E-state index contributed by atoms with van der Waals surface area (Å²) < 4.78 is 0. The summed E-state index contributed by atoms with van der Waals surface area (Å²) in [5, 5.41) is 6.70. The molecule has 0 saturated heterocycles. The van der Waals surface area contributed by atoms with Gasteiger partial charge in [0, 0.05) is 17.5 Å². The summed E-state index contributed by atoms with van der Waals surface area (Å²) in [6, 6.07) is 8.81. The predicted octanol–water partition coefficient (Wildman–Crippen LogP) is 3.38. The Labute approximate surface area is 119 Å². The molecule has 1 aromatic carbocycles. The molecule has 2 aromatic rings. The molecular weight excluding hydrogens is 252 g/mol. The second-order valence-corrected chi connectivity index (χ2v) is 6.15. The second-order valence-electron chi connectivity index (χ2n) is 5.20. The molecule has 19 heavy (non-hydrogen) atoms. The zero-order chi connectivity index (χ0) is 13.7. The van der Waals surface area contributed by atoms with Crippen LogP contribution < -0.4 is 5.32 Å². The highest BCUT2D eigenvalue weighted by Crippen LogP contribution is 2.18. The SMILES string of the molecule is CNCC(Cc1cccc(C)c1)Cc1nc(C)cs1. The van der Waals surface area contributed by atoms with Gasteiger partial charge in [-0.2, -0.15) is 0 Å². The highest BCUT2D eigenvalue weighted by molar-refractivity contribution is 7.09. The van der Waals surface area contributed by atoms with Crippen LogP contribution in [-0.2, 0) is 12.8 Å². The fourth-order valence-electron chi connectivity index (χ4n) is 2.42. The summed E-state index contributed by atoms with van der Waals surface area (Å²) in [7, 11) is 2.02. The van der Waals surface area contributed by atoms with Crippen LogP contribution in [0.15, 0.2) is 29.6 Å². The molecule has 102 valence electrons. The first-order chi connectivity index (χ1) is 9.17. The Morgan fingerprint density at radius 2 is 2.11 bits per heavy atom. The van der Waals surface area contributed by atoms with E-state index < -0.39 is 0 Å². The van der Waals surface area contributed by atoms with E-state index in [2.05, 4.69) is 53.8 Å². The summed E-state index contributed by atoms with van der Waals surface area (Å²) in [6.07, 6.45) is 2.18. The van der Waals surface area contributed by atoms with Gasteiger partial charge in [-0.05, 0) is 45.3 Å². The Hall–Kier alpha value is -1.19. The molecule has 0 fully saturated rings. The second kappa shape index (κ2) is 6.83. The number of rotatable bonds is 6. The molecule has 0 aliphatic heterocycles. The minimum absolute atomic E-state index is 0.609. The van der Waals surface area contributed by atoms with Gasteiger partial charge in [0.05, 0.1) is 5.01 Å². The molecule has 0 bridgehead atoms. The van der Waals surface area contributed by atoms with Gasteiger partial charge >= 0.3 is 0 Å². The van der Waals surface area contributed by atoms with Crippen molar-refractivity contribution in [2.75, 3.05) is 13.6 Å². The van der Waals surface area contributed by atoms with Crippen LogP contribution in [0.3, 0.4) is 0 Å². The van der Waals surface area contributed by atoms with Crippen molar-refractivity contribution in [3.05, 3.63) is 51.5 Å². The lowest BCUT2D eigenvalue weighted by molar-refractivity contribution is 0.492. The summed E-state index contributed by atoms with van der Waals surface area (Å²) in [6.45, 7) is 5.25. The van der Waals surface area contributed by atoms with Crippen molar-refractivity contribution in [1.29, 1.82) is 0 Å². The highest BCUT2D eigenvalue weighted by atomic mass is 32.1. The molecule has 1 N–H and O–H groups in total. The van der Waals surface area contributed by atoms with E-state index in [9.17, 15) is 0 Å². The number of aromatic nitrogens is 1. The van der Waals surface area contributed by atoms with Crippen molar-refractivity contribution in [3.63, 3.8) is 0 Å². The molecule has 1 aromatic heterocycles. The third-order valence-corrected chi connectivity index (χ3v) is 4.22. The Balaban J connectivity index is 2.03. The molecule has 0 amide bonds. The van der Waals surface area contributed by atoms with Crippen LogP contribution >= 0.6 is 11.3 Å². The molecule has 0 aliphatic carbocycles. The van der Waals surface area contributed by atoms with Gasteiger partial charge in [-0.1, -0.05) is 29.8 Å². The first-order valence-electron chi connectivity index (χ1n) is 6.78. The first-order valence-corrected chi connectivity index (χ1v) is 7.66. The number of benzene rings is 1. The van der Waals surface area contributed by atoms with Crippen molar-refractivity contribution < 1.29 is 0 Å². The van der Waals surface area contributed by atoms with Crippen LogP contribution in [0.5, 0.6) is 0 Å². The normalized spacial score (nSPS) is 12.6. The first kappa shape index (κ1) is 14.2. The average Bonchev–Trinajstić information content (AvgIpc) is 2.75. The van der Waals surface area contributed by atoms with Crippen molar-refractivity contribution in [2.45, 2.75) is 26.7 Å². The third kappa shape index (κ3) is 4.44. The van der Waals surface area contributed by atoms with Gasteiger partial charge in [-0.3, -0.25) is 0 Å². The maximum Gasteiger partial charge on any atom is 0.0931 e. The van der Waals surface area contributed by atoms with E-state index in [0.29, 0.717) is 5.92 Å². The summed E-state index contributed by atoms with van der Waals surface area (Å²) in [5.41, 5.74) is 3.90. The largest absolute Gasteiger partial charge is 0.319 e. The molecule has 0 radical (unpaired) electrons. The zero-order valence-electron chi connectivity index (χ0n) is 11.9. The Morgan fingerprint density at radius 3 is 2.74 bits per heavy atom. The predicted molar refractivity (Wildman–Crippen MR) is 82.9 cm³/mol. The molecule has 0 spiro atoms. The molecule has 2 rings (SSSR count). The van der Waals surface area contributed by atoms with Crippen LogP contribution in [0.2, 0.25) is 0 Å². The van der Waals surface area contributed by atoms with Crippen LogP contribution in [0, 0.1) is 19.8 Å². The van der Waals surface area contributed by atoms with Crippen LogP contribution in [0.4, 0.5) is 0 Å². The van der Waals surface area contributed by atoms with Crippen molar-refractivity contribution in [3.8, 4) is 0 Å². The van der Waals surface area contributed by atoms with E-state index in [4.69, 9.17) is 0 Å². The molecule has 1 unspecified atom stereocenters. The maximum atomic E-state index is 4.58. The lowest BCUT2D eigenvalue weighted by Crippen LogP contribution is -2.22. The molecule has 1 heterocycles. The maximum absolute atomic E-state index is 4.58. The van der Waals surface area contributed by atoms with Crippen LogP contribution in [0.25, 0.3) is 0 Å². The van der Waals surface area contributed by atoms with Gasteiger partial charge < -0.3 is 5.32 Å². The van der Waals surface area contributed by atoms with Gasteiger partial charge in [0.15, 0.2) is 0 Å². The van der Waals surface area contributed by atoms with E-state index in [-0.39, 0.29) is 0 Å². The number of thiazole rings is 1. The number of hydrogen-bond acceptors (Lipinski definition) is 3. The number of hydrogen-bond donors (Lipinski definition) is 1. The monoisotopic (exact) mass is 274 g/mol. The quantitative estimate of drug-likeness (QED) is 0.873. The number of nitrogens with one attached hydrogen (secondary N) is 1. The van der Waals surface area contributed by atoms with Gasteiger partial charge in [0.2, 0.25) is 0 Å². The van der Waals surface area contributed by atoms with E-state index >= 15 is 0 Å². The molecule has 0 aliphatic rings. The average molecular weight is 274 g/mol. The summed E-state index contributed by atoms with van der Waals surface area (Å²) >= 11 is 1.78. The van der Waals surface area contributed by atoms with Gasteiger partial charge in [0.1, 0.15) is 0 Å². The van der Waals surface area contributed by atoms with Gasteiger partial charge in [-0.15, -0.1) is 11.3 Å². The fourth-order valence-corrected chi connectivity index (χ4v) is 3.31. The van der Waals surface area contributed by atoms with E-state index in [1.807, 2.05) is 7.05 Å². The summed E-state index contributed by atoms with van der Waals surface area (Å²) in [4.78, 5) is 4.58. The number of aryl methyl sites for hydroxylation is 2. The van der Waals surface area contributed by atoms with Crippen molar-refractivity contribution in [1.82, 2.24) is 10.3 Å². The van der Waals surface area contributed by atoms with Crippen molar-refractivity contribution in [2.24, 2.45) is 5.92 Å². The van der Waals surface area contributed by atoms with Gasteiger partial charge in [0.25, 0.3) is 0 Å². The van der Waals surface area contributed by atoms with Crippen LogP contribution in [0.1, 0.15) is 21.8 Å². The highest BCUT2D eigenvalue weighted by Gasteiger charge is 2.12. The van der Waals surface area contributed by atoms with Crippen molar-refractivity contribution >= 4 is 11.3 Å². The standard InChI is InChI=1S/C16H22N2S/c1-12-5-4-6-14(7-12)8-15(10-17-3)9-16-18-13(2)11-19-16/h4-7,11,15,17H,8-10H2,1-3H3. The molecule has 3 heteroatoms. The Morgan fingerprint density at radius 1 is 1.26 bits per heavy atom. The molecule has 1 atom stereocenters. The molecule has 2 nitrogen and oxygen atoms in total. The van der Waals surface area contributed by atoms with Gasteiger partial charge in [-0.25, -0.2) is 4.98 Å². The molecular formula is C16H22N2S. The third-order valence-electron chi connectivity index (χ3n) is 3.23. The van der Waals surface area contributed by atoms with Crippen LogP contribution in [-0.4, -0.2) is 18.6 Å². The minimum atomic E-state index is 0.609. The van der Waals surface area contributed by atoms with E-state index in [1.54, 1.807) is 11.3 Å². The van der Waals surface area contributed by atoms with E-state index in [0.717, 1.165) is 25.1 Å². The lowest BCUT2D eigenvalue weighted by atomic mass is 9.95. The van der Waals surface area contributed by atoms with E-state index in [1.165, 1.54) is 16.1 Å². The smallest absolute Gasteiger partial charge is 0.0931 e.